The molecule has 4 nitrogen and oxygen atoms in total. The summed E-state index contributed by atoms with van der Waals surface area (Å²) >= 11 is 0. The molecule has 0 unspecified atom stereocenters. The number of rotatable bonds is 2. The third-order valence-electron chi connectivity index (χ3n) is 1.87. The summed E-state index contributed by atoms with van der Waals surface area (Å²) in [4.78, 5) is -0.695. The van der Waals surface area contributed by atoms with Gasteiger partial charge < -0.3 is 0 Å². The summed E-state index contributed by atoms with van der Waals surface area (Å²) in [6.45, 7) is 0. The second-order valence-electron chi connectivity index (χ2n) is 3.89. The summed E-state index contributed by atoms with van der Waals surface area (Å²) < 4.78 is 75.3. The molecule has 0 spiro atoms. The number of nitrogens with zero attached hydrogens (tertiary/aromatic N) is 1. The van der Waals surface area contributed by atoms with E-state index in [0.717, 1.165) is 12.1 Å². The van der Waals surface area contributed by atoms with Gasteiger partial charge in [0.25, 0.3) is 9.05 Å². The molecular weight excluding hydrogens is 327 g/mol. The van der Waals surface area contributed by atoms with Crippen molar-refractivity contribution < 1.29 is 25.8 Å². The van der Waals surface area contributed by atoms with E-state index in [9.17, 15) is 25.8 Å². The number of benzene rings is 1. The molecular formula is C9H9ClF3NO3S2. The normalized spacial score (nSPS) is 13.4. The maximum atomic E-state index is 12.8. The van der Waals surface area contributed by atoms with E-state index in [1.54, 1.807) is 0 Å². The van der Waals surface area contributed by atoms with Crippen LogP contribution >= 0.6 is 10.7 Å². The first-order valence-corrected chi connectivity index (χ1v) is 9.28. The zero-order chi connectivity index (χ0) is 15.1. The molecule has 0 amide bonds. The monoisotopic (exact) mass is 335 g/mol. The van der Waals surface area contributed by atoms with E-state index in [4.69, 9.17) is 10.7 Å². The molecule has 10 heteroatoms. The van der Waals surface area contributed by atoms with Crippen molar-refractivity contribution in [3.63, 3.8) is 0 Å². The average Bonchev–Trinajstić information content (AvgIpc) is 2.11. The molecule has 0 aliphatic carbocycles. The third-order valence-corrected chi connectivity index (χ3v) is 3.86. The van der Waals surface area contributed by atoms with Crippen LogP contribution in [0.3, 0.4) is 0 Å². The van der Waals surface area contributed by atoms with Gasteiger partial charge in [0.2, 0.25) is 0 Å². The van der Waals surface area contributed by atoms with Crippen LogP contribution in [0.4, 0.5) is 18.9 Å². The largest absolute Gasteiger partial charge is 0.418 e. The highest BCUT2D eigenvalue weighted by atomic mass is 35.7. The van der Waals surface area contributed by atoms with Gasteiger partial charge in [0.1, 0.15) is 0 Å². The van der Waals surface area contributed by atoms with Crippen LogP contribution in [0, 0.1) is 0 Å². The fourth-order valence-electron chi connectivity index (χ4n) is 1.21. The fourth-order valence-corrected chi connectivity index (χ4v) is 2.62. The third kappa shape index (κ3) is 4.66. The molecule has 1 aromatic carbocycles. The van der Waals surface area contributed by atoms with Crippen LogP contribution in [-0.2, 0) is 25.0 Å². The lowest BCUT2D eigenvalue weighted by atomic mass is 10.2. The summed E-state index contributed by atoms with van der Waals surface area (Å²) in [5.74, 6) is 0. The van der Waals surface area contributed by atoms with E-state index in [2.05, 4.69) is 4.36 Å². The summed E-state index contributed by atoms with van der Waals surface area (Å²) in [7, 11) is -2.12. The highest BCUT2D eigenvalue weighted by Crippen LogP contribution is 2.38. The summed E-state index contributed by atoms with van der Waals surface area (Å²) in [5, 5.41) is 0. The Balaban J connectivity index is 3.66. The smallest absolute Gasteiger partial charge is 0.250 e. The molecule has 0 fully saturated rings. The highest BCUT2D eigenvalue weighted by molar-refractivity contribution is 8.13. The van der Waals surface area contributed by atoms with Gasteiger partial charge >= 0.3 is 6.18 Å². The van der Waals surface area contributed by atoms with Crippen molar-refractivity contribution in [2.24, 2.45) is 4.36 Å². The Kier molecular flexibility index (Phi) is 4.23. The Morgan fingerprint density at radius 3 is 2.05 bits per heavy atom. The van der Waals surface area contributed by atoms with E-state index in [1.165, 1.54) is 12.5 Å². The van der Waals surface area contributed by atoms with Gasteiger partial charge in [-0.05, 0) is 18.2 Å². The first-order valence-electron chi connectivity index (χ1n) is 4.64. The zero-order valence-corrected chi connectivity index (χ0v) is 12.1. The summed E-state index contributed by atoms with van der Waals surface area (Å²) in [6.07, 6.45) is -2.50. The number of alkyl halides is 3. The van der Waals surface area contributed by atoms with E-state index < -0.39 is 41.1 Å². The van der Waals surface area contributed by atoms with E-state index >= 15 is 0 Å². The topological polar surface area (TPSA) is 63.6 Å². The first-order chi connectivity index (χ1) is 8.31. The van der Waals surface area contributed by atoms with Gasteiger partial charge in [-0.1, -0.05) is 0 Å². The highest BCUT2D eigenvalue weighted by Gasteiger charge is 2.35. The predicted molar refractivity (Wildman–Crippen MR) is 66.6 cm³/mol. The number of halogens is 4. The van der Waals surface area contributed by atoms with Crippen molar-refractivity contribution in [1.82, 2.24) is 0 Å². The predicted octanol–water partition coefficient (Wildman–Crippen LogP) is 2.99. The van der Waals surface area contributed by atoms with Crippen molar-refractivity contribution in [2.45, 2.75) is 11.1 Å². The van der Waals surface area contributed by atoms with Gasteiger partial charge in [-0.15, -0.1) is 0 Å². The van der Waals surface area contributed by atoms with Gasteiger partial charge in [0.15, 0.2) is 0 Å². The molecule has 0 aliphatic rings. The Morgan fingerprint density at radius 2 is 1.68 bits per heavy atom. The van der Waals surface area contributed by atoms with Gasteiger partial charge in [-0.25, -0.2) is 12.6 Å². The minimum atomic E-state index is -4.83. The van der Waals surface area contributed by atoms with E-state index in [-0.39, 0.29) is 0 Å². The second-order valence-corrected chi connectivity index (χ2v) is 9.00. The van der Waals surface area contributed by atoms with Gasteiger partial charge in [0, 0.05) is 32.9 Å². The van der Waals surface area contributed by atoms with Gasteiger partial charge in [-0.2, -0.15) is 17.5 Å². The minimum absolute atomic E-state index is 0.367. The Bertz CT molecular complexity index is 711. The summed E-state index contributed by atoms with van der Waals surface area (Å²) in [5.41, 5.74) is -1.89. The first kappa shape index (κ1) is 16.3. The Labute approximate surface area is 113 Å². The van der Waals surface area contributed by atoms with Crippen LogP contribution in [0.5, 0.6) is 0 Å². The average molecular weight is 336 g/mol. The lowest BCUT2D eigenvalue weighted by molar-refractivity contribution is -0.137. The molecule has 0 bridgehead atoms. The SMILES string of the molecule is CS(C)(=O)=Nc1ccc(S(=O)(=O)Cl)cc1C(F)(F)F. The Morgan fingerprint density at radius 1 is 1.16 bits per heavy atom. The molecule has 0 saturated heterocycles. The molecule has 0 aliphatic heterocycles. The molecule has 0 N–H and O–H groups in total. The molecule has 19 heavy (non-hydrogen) atoms. The van der Waals surface area contributed by atoms with Crippen LogP contribution in [-0.4, -0.2) is 25.1 Å². The standard InChI is InChI=1S/C9H9ClF3NO3S2/c1-18(2,15)14-8-4-3-6(19(10,16)17)5-7(8)9(11,12)13/h3-5H,1-2H3. The quantitative estimate of drug-likeness (QED) is 0.780. The number of hydrogen-bond acceptors (Lipinski definition) is 4. The van der Waals surface area contributed by atoms with Crippen LogP contribution < -0.4 is 0 Å². The minimum Gasteiger partial charge on any atom is -0.250 e. The maximum Gasteiger partial charge on any atom is 0.418 e. The van der Waals surface area contributed by atoms with Gasteiger partial charge in [0.05, 0.1) is 16.1 Å². The molecule has 0 heterocycles. The van der Waals surface area contributed by atoms with Crippen LogP contribution in [0.2, 0.25) is 0 Å². The van der Waals surface area contributed by atoms with Crippen molar-refractivity contribution in [3.8, 4) is 0 Å². The van der Waals surface area contributed by atoms with Crippen molar-refractivity contribution >= 4 is 35.1 Å². The van der Waals surface area contributed by atoms with Crippen molar-refractivity contribution in [3.05, 3.63) is 23.8 Å². The lowest BCUT2D eigenvalue weighted by Gasteiger charge is -2.11. The van der Waals surface area contributed by atoms with Crippen molar-refractivity contribution in [1.29, 1.82) is 0 Å². The van der Waals surface area contributed by atoms with Crippen LogP contribution in [0.15, 0.2) is 27.5 Å². The summed E-state index contributed by atoms with van der Waals surface area (Å²) in [6, 6.07) is 2.07. The van der Waals surface area contributed by atoms with Crippen molar-refractivity contribution in [2.75, 3.05) is 12.5 Å². The zero-order valence-electron chi connectivity index (χ0n) is 9.73. The maximum absolute atomic E-state index is 12.8. The molecule has 108 valence electrons. The molecule has 0 aromatic heterocycles. The lowest BCUT2D eigenvalue weighted by Crippen LogP contribution is -2.07. The van der Waals surface area contributed by atoms with Crippen LogP contribution in [0.25, 0.3) is 0 Å². The molecule has 0 saturated carbocycles. The Hall–Kier alpha value is -0.800. The van der Waals surface area contributed by atoms with Gasteiger partial charge in [-0.3, -0.25) is 0 Å². The van der Waals surface area contributed by atoms with E-state index in [0.29, 0.717) is 6.07 Å². The van der Waals surface area contributed by atoms with Crippen LogP contribution in [0.1, 0.15) is 5.56 Å². The second kappa shape index (κ2) is 4.95. The fraction of sp³-hybridized carbons (Fsp3) is 0.333. The van der Waals surface area contributed by atoms with E-state index in [1.807, 2.05) is 0 Å². The molecule has 0 radical (unpaired) electrons. The molecule has 1 rings (SSSR count). The molecule has 1 aromatic rings. The number of hydrogen-bond donors (Lipinski definition) is 0. The molecule has 0 atom stereocenters.